The highest BCUT2D eigenvalue weighted by Crippen LogP contribution is 2.32. The zero-order valence-electron chi connectivity index (χ0n) is 10.7. The number of esters is 1. The highest BCUT2D eigenvalue weighted by atomic mass is 35.5. The van der Waals surface area contributed by atoms with Crippen LogP contribution >= 0.6 is 23.4 Å². The minimum atomic E-state index is -0.435. The minimum Gasteiger partial charge on any atom is -0.465 e. The van der Waals surface area contributed by atoms with E-state index < -0.39 is 5.97 Å². The standard InChI is InChI=1S/C12H17ClN2O2S/c1-15(4-5-18-3)11-9(12(16)17-2)6-8(14)7-10(11)13/h6-7H,4-5,14H2,1-3H3. The summed E-state index contributed by atoms with van der Waals surface area (Å²) in [4.78, 5) is 13.7. The Balaban J connectivity index is 3.18. The number of ether oxygens (including phenoxy) is 1. The van der Waals surface area contributed by atoms with Gasteiger partial charge in [0.1, 0.15) is 0 Å². The quantitative estimate of drug-likeness (QED) is 0.666. The van der Waals surface area contributed by atoms with Crippen LogP contribution in [-0.4, -0.2) is 38.7 Å². The van der Waals surface area contributed by atoms with Crippen LogP contribution in [-0.2, 0) is 4.74 Å². The van der Waals surface area contributed by atoms with Crippen molar-refractivity contribution in [2.75, 3.05) is 43.3 Å². The van der Waals surface area contributed by atoms with E-state index in [4.69, 9.17) is 22.1 Å². The van der Waals surface area contributed by atoms with E-state index in [1.807, 2.05) is 18.2 Å². The van der Waals surface area contributed by atoms with E-state index in [1.54, 1.807) is 23.9 Å². The van der Waals surface area contributed by atoms with E-state index in [1.165, 1.54) is 7.11 Å². The van der Waals surface area contributed by atoms with Gasteiger partial charge in [0.05, 0.1) is 23.4 Å². The molecule has 4 nitrogen and oxygen atoms in total. The largest absolute Gasteiger partial charge is 0.465 e. The van der Waals surface area contributed by atoms with E-state index >= 15 is 0 Å². The van der Waals surface area contributed by atoms with Gasteiger partial charge in [0.15, 0.2) is 0 Å². The molecule has 0 bridgehead atoms. The van der Waals surface area contributed by atoms with Crippen LogP contribution in [0.25, 0.3) is 0 Å². The second-order valence-electron chi connectivity index (χ2n) is 3.80. The molecule has 0 aromatic heterocycles. The predicted octanol–water partition coefficient (Wildman–Crippen LogP) is 2.51. The lowest BCUT2D eigenvalue weighted by Crippen LogP contribution is -2.23. The number of hydrogen-bond donors (Lipinski definition) is 1. The number of anilines is 2. The lowest BCUT2D eigenvalue weighted by Gasteiger charge is -2.23. The molecule has 6 heteroatoms. The first-order chi connectivity index (χ1) is 8.51. The maximum atomic E-state index is 11.7. The average molecular weight is 289 g/mol. The smallest absolute Gasteiger partial charge is 0.340 e. The number of hydrogen-bond acceptors (Lipinski definition) is 5. The van der Waals surface area contributed by atoms with Crippen LogP contribution in [0.3, 0.4) is 0 Å². The van der Waals surface area contributed by atoms with Gasteiger partial charge in [-0.3, -0.25) is 0 Å². The summed E-state index contributed by atoms with van der Waals surface area (Å²) in [7, 11) is 3.23. The number of methoxy groups -OCH3 is 1. The van der Waals surface area contributed by atoms with Gasteiger partial charge in [-0.2, -0.15) is 11.8 Å². The molecule has 0 saturated heterocycles. The monoisotopic (exact) mass is 288 g/mol. The molecule has 0 fully saturated rings. The first-order valence-corrected chi connectivity index (χ1v) is 7.15. The minimum absolute atomic E-state index is 0.395. The molecule has 2 N–H and O–H groups in total. The van der Waals surface area contributed by atoms with Crippen molar-refractivity contribution < 1.29 is 9.53 Å². The Morgan fingerprint density at radius 3 is 2.78 bits per heavy atom. The molecule has 0 saturated carbocycles. The SMILES string of the molecule is COC(=O)c1cc(N)cc(Cl)c1N(C)CCSC. The fraction of sp³-hybridized carbons (Fsp3) is 0.417. The summed E-state index contributed by atoms with van der Waals surface area (Å²) in [5.41, 5.74) is 7.21. The van der Waals surface area contributed by atoms with E-state index in [2.05, 4.69) is 0 Å². The molecular weight excluding hydrogens is 272 g/mol. The number of thioether (sulfide) groups is 1. The van der Waals surface area contributed by atoms with Crippen LogP contribution in [0.1, 0.15) is 10.4 Å². The van der Waals surface area contributed by atoms with Gasteiger partial charge in [0.2, 0.25) is 0 Å². The van der Waals surface area contributed by atoms with Crippen LogP contribution in [0, 0.1) is 0 Å². The van der Waals surface area contributed by atoms with E-state index in [0.717, 1.165) is 12.3 Å². The Hall–Kier alpha value is -1.07. The summed E-state index contributed by atoms with van der Waals surface area (Å²) in [6.45, 7) is 0.787. The zero-order chi connectivity index (χ0) is 13.7. The van der Waals surface area contributed by atoms with Gasteiger partial charge in [-0.1, -0.05) is 11.6 Å². The number of carbonyl (C=O) groups is 1. The zero-order valence-corrected chi connectivity index (χ0v) is 12.3. The highest BCUT2D eigenvalue weighted by molar-refractivity contribution is 7.98. The van der Waals surface area contributed by atoms with Gasteiger partial charge in [-0.15, -0.1) is 0 Å². The van der Waals surface area contributed by atoms with Crippen molar-refractivity contribution in [1.29, 1.82) is 0 Å². The maximum Gasteiger partial charge on any atom is 0.340 e. The number of nitrogen functional groups attached to an aromatic ring is 1. The van der Waals surface area contributed by atoms with Crippen LogP contribution < -0.4 is 10.6 Å². The fourth-order valence-corrected chi connectivity index (χ4v) is 2.44. The van der Waals surface area contributed by atoms with Crippen LogP contribution in [0.5, 0.6) is 0 Å². The van der Waals surface area contributed by atoms with Crippen molar-refractivity contribution in [2.24, 2.45) is 0 Å². The van der Waals surface area contributed by atoms with Crippen LogP contribution in [0.4, 0.5) is 11.4 Å². The molecule has 1 rings (SSSR count). The van der Waals surface area contributed by atoms with E-state index in [0.29, 0.717) is 22.0 Å². The van der Waals surface area contributed by atoms with Gasteiger partial charge >= 0.3 is 5.97 Å². The lowest BCUT2D eigenvalue weighted by molar-refractivity contribution is 0.0601. The third-order valence-electron chi connectivity index (χ3n) is 2.50. The Morgan fingerprint density at radius 1 is 1.56 bits per heavy atom. The summed E-state index contributed by atoms with van der Waals surface area (Å²) < 4.78 is 4.76. The summed E-state index contributed by atoms with van der Waals surface area (Å²) in [6, 6.07) is 3.22. The van der Waals surface area contributed by atoms with Crippen molar-refractivity contribution in [2.45, 2.75) is 0 Å². The van der Waals surface area contributed by atoms with Crippen molar-refractivity contribution in [3.05, 3.63) is 22.7 Å². The number of halogens is 1. The molecule has 0 radical (unpaired) electrons. The lowest BCUT2D eigenvalue weighted by atomic mass is 10.1. The summed E-state index contributed by atoms with van der Waals surface area (Å²) in [6.07, 6.45) is 2.03. The van der Waals surface area contributed by atoms with Gasteiger partial charge in [-0.25, -0.2) is 4.79 Å². The molecule has 0 heterocycles. The molecule has 0 aliphatic rings. The summed E-state index contributed by atoms with van der Waals surface area (Å²) in [5.74, 6) is 0.507. The highest BCUT2D eigenvalue weighted by Gasteiger charge is 2.19. The number of rotatable bonds is 5. The van der Waals surface area contributed by atoms with Gasteiger partial charge in [0.25, 0.3) is 0 Å². The Bertz CT molecular complexity index is 440. The van der Waals surface area contributed by atoms with E-state index in [9.17, 15) is 4.79 Å². The van der Waals surface area contributed by atoms with E-state index in [-0.39, 0.29) is 0 Å². The Kier molecular flexibility index (Phi) is 5.62. The van der Waals surface area contributed by atoms with Gasteiger partial charge in [-0.05, 0) is 18.4 Å². The molecule has 0 unspecified atom stereocenters. The van der Waals surface area contributed by atoms with Crippen LogP contribution in [0.15, 0.2) is 12.1 Å². The predicted molar refractivity (Wildman–Crippen MR) is 78.9 cm³/mol. The number of nitrogens with two attached hydrogens (primary N) is 1. The van der Waals surface area contributed by atoms with Gasteiger partial charge < -0.3 is 15.4 Å². The molecule has 0 atom stereocenters. The first-order valence-electron chi connectivity index (χ1n) is 5.38. The molecule has 0 aliphatic carbocycles. The molecule has 100 valence electrons. The van der Waals surface area contributed by atoms with Crippen molar-refractivity contribution >= 4 is 40.7 Å². The summed E-state index contributed by atoms with van der Waals surface area (Å²) in [5, 5.41) is 0.457. The molecule has 18 heavy (non-hydrogen) atoms. The molecule has 1 aromatic rings. The number of carbonyl (C=O) groups excluding carboxylic acids is 1. The molecule has 0 spiro atoms. The van der Waals surface area contributed by atoms with Crippen molar-refractivity contribution in [1.82, 2.24) is 0 Å². The first kappa shape index (κ1) is 15.0. The summed E-state index contributed by atoms with van der Waals surface area (Å²) >= 11 is 7.90. The fourth-order valence-electron chi connectivity index (χ4n) is 1.61. The third kappa shape index (κ3) is 3.46. The molecule has 1 aromatic carbocycles. The third-order valence-corrected chi connectivity index (χ3v) is 3.38. The topological polar surface area (TPSA) is 55.6 Å². The Morgan fingerprint density at radius 2 is 2.22 bits per heavy atom. The average Bonchev–Trinajstić information content (AvgIpc) is 2.33. The molecule has 0 amide bonds. The normalized spacial score (nSPS) is 10.2. The second-order valence-corrected chi connectivity index (χ2v) is 5.20. The molecular formula is C12H17ClN2O2S. The maximum absolute atomic E-state index is 11.7. The van der Waals surface area contributed by atoms with Gasteiger partial charge in [0, 0.05) is 25.0 Å². The molecule has 0 aliphatic heterocycles. The number of nitrogens with zero attached hydrogens (tertiary/aromatic N) is 1. The van der Waals surface area contributed by atoms with Crippen LogP contribution in [0.2, 0.25) is 5.02 Å². The van der Waals surface area contributed by atoms with Crippen molar-refractivity contribution in [3.63, 3.8) is 0 Å². The Labute approximate surface area is 116 Å². The number of benzene rings is 1. The second kappa shape index (κ2) is 6.75. The van der Waals surface area contributed by atoms with Crippen molar-refractivity contribution in [3.8, 4) is 0 Å².